The van der Waals surface area contributed by atoms with Gasteiger partial charge in [0.05, 0.1) is 12.7 Å². The van der Waals surface area contributed by atoms with E-state index in [2.05, 4.69) is 17.1 Å². The highest BCUT2D eigenvalue weighted by Gasteiger charge is 2.20. The summed E-state index contributed by atoms with van der Waals surface area (Å²) in [4.78, 5) is 28.9. The van der Waals surface area contributed by atoms with Crippen molar-refractivity contribution < 1.29 is 9.53 Å². The Kier molecular flexibility index (Phi) is 7.45. The molecule has 3 aromatic rings. The zero-order valence-electron chi connectivity index (χ0n) is 19.5. The van der Waals surface area contributed by atoms with Gasteiger partial charge in [-0.25, -0.2) is 0 Å². The van der Waals surface area contributed by atoms with Gasteiger partial charge in [-0.15, -0.1) is 0 Å². The fourth-order valence-corrected chi connectivity index (χ4v) is 4.80. The average Bonchev–Trinajstić information content (AvgIpc) is 2.87. The maximum atomic E-state index is 13.2. The lowest BCUT2D eigenvalue weighted by molar-refractivity contribution is 0.0948. The summed E-state index contributed by atoms with van der Waals surface area (Å²) in [5.41, 5.74) is 1.05. The minimum absolute atomic E-state index is 0.150. The summed E-state index contributed by atoms with van der Waals surface area (Å²) in [6.07, 6.45) is 7.62. The predicted octanol–water partition coefficient (Wildman–Crippen LogP) is 4.38. The third-order valence-electron chi connectivity index (χ3n) is 6.65. The summed E-state index contributed by atoms with van der Waals surface area (Å²) >= 11 is 0. The van der Waals surface area contributed by atoms with Crippen LogP contribution in [-0.4, -0.2) is 48.2 Å². The number of carbonyl (C=O) groups excluding carboxylic acids is 1. The summed E-state index contributed by atoms with van der Waals surface area (Å²) in [5, 5.41) is 4.28. The van der Waals surface area contributed by atoms with Crippen LogP contribution in [0.25, 0.3) is 16.5 Å². The number of hydrogen-bond acceptors (Lipinski definition) is 4. The molecule has 6 heteroatoms. The fourth-order valence-electron chi connectivity index (χ4n) is 4.80. The summed E-state index contributed by atoms with van der Waals surface area (Å²) in [5.74, 6) is 0.559. The van der Waals surface area contributed by atoms with Crippen LogP contribution >= 0.6 is 0 Å². The molecule has 0 bridgehead atoms. The first-order valence-corrected chi connectivity index (χ1v) is 11.9. The number of amides is 1. The number of nitrogens with zero attached hydrogens (tertiary/aromatic N) is 2. The van der Waals surface area contributed by atoms with E-state index >= 15 is 0 Å². The number of likely N-dealkylation sites (tertiary alicyclic amines) is 1. The van der Waals surface area contributed by atoms with Crippen molar-refractivity contribution in [2.24, 2.45) is 0 Å². The third kappa shape index (κ3) is 5.11. The number of benzene rings is 2. The van der Waals surface area contributed by atoms with Gasteiger partial charge in [-0.1, -0.05) is 31.5 Å². The minimum Gasteiger partial charge on any atom is -0.497 e. The number of ether oxygens (including phenoxy) is 1. The van der Waals surface area contributed by atoms with E-state index in [0.717, 1.165) is 19.5 Å². The van der Waals surface area contributed by atoms with Gasteiger partial charge in [0, 0.05) is 41.8 Å². The number of methoxy groups -OCH3 is 1. The molecule has 1 saturated heterocycles. The standard InChI is InChI=1S/C27H33N3O3/c1-3-20-9-6-7-17-29(20)18-8-16-28-26(31)25-19-30(21-12-14-22(33-2)15-13-21)27(32)24-11-5-4-10-23(24)25/h4-5,10-15,19-20H,3,6-9,16-18H2,1-2H3,(H,28,31). The molecule has 0 radical (unpaired) electrons. The van der Waals surface area contributed by atoms with Crippen molar-refractivity contribution in [3.05, 3.63) is 70.6 Å². The number of nitrogens with one attached hydrogen (secondary N) is 1. The van der Waals surface area contributed by atoms with Crippen LogP contribution in [-0.2, 0) is 0 Å². The van der Waals surface area contributed by atoms with Gasteiger partial charge in [0.2, 0.25) is 0 Å². The molecule has 33 heavy (non-hydrogen) atoms. The van der Waals surface area contributed by atoms with Gasteiger partial charge < -0.3 is 15.0 Å². The van der Waals surface area contributed by atoms with E-state index in [4.69, 9.17) is 4.74 Å². The smallest absolute Gasteiger partial charge is 0.262 e. The van der Waals surface area contributed by atoms with E-state index in [9.17, 15) is 9.59 Å². The van der Waals surface area contributed by atoms with Crippen LogP contribution in [0.1, 0.15) is 49.4 Å². The summed E-state index contributed by atoms with van der Waals surface area (Å²) in [6.45, 7) is 5.03. The number of rotatable bonds is 8. The SMILES string of the molecule is CCC1CCCCN1CCCNC(=O)c1cn(-c2ccc(OC)cc2)c(=O)c2ccccc12. The summed E-state index contributed by atoms with van der Waals surface area (Å²) in [7, 11) is 1.60. The molecule has 1 aliphatic heterocycles. The third-order valence-corrected chi connectivity index (χ3v) is 6.65. The molecule has 1 aliphatic rings. The highest BCUT2D eigenvalue weighted by atomic mass is 16.5. The molecule has 0 spiro atoms. The maximum Gasteiger partial charge on any atom is 0.262 e. The highest BCUT2D eigenvalue weighted by Crippen LogP contribution is 2.21. The van der Waals surface area contributed by atoms with Crippen LogP contribution in [0.4, 0.5) is 0 Å². The zero-order valence-corrected chi connectivity index (χ0v) is 19.5. The second-order valence-corrected chi connectivity index (χ2v) is 8.66. The van der Waals surface area contributed by atoms with Gasteiger partial charge in [-0.2, -0.15) is 0 Å². The van der Waals surface area contributed by atoms with Crippen molar-refractivity contribution in [3.8, 4) is 11.4 Å². The van der Waals surface area contributed by atoms with Gasteiger partial charge in [0.1, 0.15) is 5.75 Å². The van der Waals surface area contributed by atoms with E-state index in [-0.39, 0.29) is 11.5 Å². The van der Waals surface area contributed by atoms with Crippen molar-refractivity contribution in [1.82, 2.24) is 14.8 Å². The van der Waals surface area contributed by atoms with Crippen molar-refractivity contribution in [2.75, 3.05) is 26.7 Å². The largest absolute Gasteiger partial charge is 0.497 e. The first-order valence-electron chi connectivity index (χ1n) is 11.9. The van der Waals surface area contributed by atoms with Gasteiger partial charge >= 0.3 is 0 Å². The second kappa shape index (κ2) is 10.7. The molecule has 4 rings (SSSR count). The van der Waals surface area contributed by atoms with Crippen LogP contribution in [0.2, 0.25) is 0 Å². The zero-order chi connectivity index (χ0) is 23.2. The molecule has 1 N–H and O–H groups in total. The Bertz CT molecular complexity index is 1150. The van der Waals surface area contributed by atoms with Crippen molar-refractivity contribution in [1.29, 1.82) is 0 Å². The van der Waals surface area contributed by atoms with Gasteiger partial charge in [-0.05, 0) is 62.6 Å². The van der Waals surface area contributed by atoms with E-state index < -0.39 is 0 Å². The number of aromatic nitrogens is 1. The Balaban J connectivity index is 1.53. The lowest BCUT2D eigenvalue weighted by atomic mass is 10.00. The Morgan fingerprint density at radius 2 is 1.85 bits per heavy atom. The maximum absolute atomic E-state index is 13.2. The van der Waals surface area contributed by atoms with Crippen molar-refractivity contribution in [3.63, 3.8) is 0 Å². The van der Waals surface area contributed by atoms with E-state index in [1.807, 2.05) is 30.3 Å². The number of fused-ring (bicyclic) bond motifs is 1. The number of pyridine rings is 1. The van der Waals surface area contributed by atoms with Crippen LogP contribution in [0.3, 0.4) is 0 Å². The van der Waals surface area contributed by atoms with Crippen LogP contribution in [0, 0.1) is 0 Å². The Hall–Kier alpha value is -3.12. The van der Waals surface area contributed by atoms with Crippen LogP contribution < -0.4 is 15.6 Å². The fraction of sp³-hybridized carbons (Fsp3) is 0.407. The molecule has 1 amide bonds. The molecule has 1 unspecified atom stereocenters. The Labute approximate surface area is 195 Å². The normalized spacial score (nSPS) is 16.6. The Morgan fingerprint density at radius 3 is 2.58 bits per heavy atom. The van der Waals surface area contributed by atoms with Gasteiger partial charge in [0.25, 0.3) is 11.5 Å². The molecular formula is C27H33N3O3. The molecule has 6 nitrogen and oxygen atoms in total. The highest BCUT2D eigenvalue weighted by molar-refractivity contribution is 6.06. The lowest BCUT2D eigenvalue weighted by Gasteiger charge is -2.35. The number of hydrogen-bond donors (Lipinski definition) is 1. The van der Waals surface area contributed by atoms with Crippen molar-refractivity contribution >= 4 is 16.7 Å². The average molecular weight is 448 g/mol. The van der Waals surface area contributed by atoms with Gasteiger partial charge in [0.15, 0.2) is 0 Å². The molecular weight excluding hydrogens is 414 g/mol. The van der Waals surface area contributed by atoms with Crippen LogP contribution in [0.5, 0.6) is 5.75 Å². The van der Waals surface area contributed by atoms with Gasteiger partial charge in [-0.3, -0.25) is 14.2 Å². The van der Waals surface area contributed by atoms with Crippen LogP contribution in [0.15, 0.2) is 59.5 Å². The molecule has 0 aliphatic carbocycles. The second-order valence-electron chi connectivity index (χ2n) is 8.66. The monoisotopic (exact) mass is 447 g/mol. The first-order chi connectivity index (χ1) is 16.1. The predicted molar refractivity (Wildman–Crippen MR) is 133 cm³/mol. The first kappa shape index (κ1) is 23.1. The topological polar surface area (TPSA) is 63.6 Å². The molecule has 1 fully saturated rings. The number of piperidine rings is 1. The molecule has 1 atom stereocenters. The summed E-state index contributed by atoms with van der Waals surface area (Å²) in [6, 6.07) is 15.2. The van der Waals surface area contributed by atoms with E-state index in [1.54, 1.807) is 31.5 Å². The summed E-state index contributed by atoms with van der Waals surface area (Å²) < 4.78 is 6.76. The minimum atomic E-state index is -0.154. The molecule has 0 saturated carbocycles. The number of carbonyl (C=O) groups is 1. The molecule has 1 aromatic heterocycles. The van der Waals surface area contributed by atoms with Crippen molar-refractivity contribution in [2.45, 2.75) is 45.1 Å². The molecule has 174 valence electrons. The molecule has 2 aromatic carbocycles. The van der Waals surface area contributed by atoms with E-state index in [1.165, 1.54) is 30.3 Å². The quantitative estimate of drug-likeness (QED) is 0.521. The Morgan fingerprint density at radius 1 is 1.09 bits per heavy atom. The lowest BCUT2D eigenvalue weighted by Crippen LogP contribution is -2.40. The van der Waals surface area contributed by atoms with E-state index in [0.29, 0.717) is 40.4 Å². The molecule has 2 heterocycles.